The van der Waals surface area contributed by atoms with Gasteiger partial charge in [0.25, 0.3) is 5.56 Å². The molecule has 1 aromatic heterocycles. The molecule has 0 atom stereocenters. The highest BCUT2D eigenvalue weighted by molar-refractivity contribution is 6.31. The molecule has 0 fully saturated rings. The molecule has 0 radical (unpaired) electrons. The number of nitrogens with zero attached hydrogens (tertiary/aromatic N) is 1. The topological polar surface area (TPSA) is 63.1 Å². The van der Waals surface area contributed by atoms with Crippen molar-refractivity contribution in [2.24, 2.45) is 0 Å². The molecule has 0 saturated carbocycles. The number of amides is 1. The van der Waals surface area contributed by atoms with E-state index >= 15 is 0 Å². The number of benzene rings is 2. The maximum Gasteiger partial charge on any atom is 0.258 e. The summed E-state index contributed by atoms with van der Waals surface area (Å²) in [5, 5.41) is 7.43. The van der Waals surface area contributed by atoms with Gasteiger partial charge in [-0.2, -0.15) is 0 Å². The van der Waals surface area contributed by atoms with Gasteiger partial charge in [0.1, 0.15) is 6.67 Å². The van der Waals surface area contributed by atoms with Gasteiger partial charge < -0.3 is 15.2 Å². The fraction of sp³-hybridized carbons (Fsp3) is 0.238. The van der Waals surface area contributed by atoms with Crippen molar-refractivity contribution in [3.63, 3.8) is 0 Å². The fourth-order valence-corrected chi connectivity index (χ4v) is 3.22. The lowest BCUT2D eigenvalue weighted by Crippen LogP contribution is -2.25. The smallest absolute Gasteiger partial charge is 0.258 e. The second-order valence-corrected chi connectivity index (χ2v) is 6.88. The number of fused-ring (bicyclic) bond motifs is 1. The largest absolute Gasteiger partial charge is 0.325 e. The maximum atomic E-state index is 13.0. The van der Waals surface area contributed by atoms with E-state index in [1.165, 1.54) is 0 Å². The lowest BCUT2D eigenvalue weighted by atomic mass is 10.1. The molecule has 0 bridgehead atoms. The minimum Gasteiger partial charge on any atom is -0.325 e. The highest BCUT2D eigenvalue weighted by atomic mass is 35.5. The molecule has 28 heavy (non-hydrogen) atoms. The Bertz CT molecular complexity index is 1070. The van der Waals surface area contributed by atoms with Crippen LogP contribution in [0.25, 0.3) is 10.8 Å². The lowest BCUT2D eigenvalue weighted by Gasteiger charge is -2.11. The number of likely N-dealkylation sites (N-methyl/N-ethyl adjacent to an activating group) is 1. The van der Waals surface area contributed by atoms with Crippen LogP contribution < -0.4 is 16.2 Å². The Morgan fingerprint density at radius 1 is 1.18 bits per heavy atom. The first kappa shape index (κ1) is 20.0. The Balaban J connectivity index is 1.83. The van der Waals surface area contributed by atoms with Gasteiger partial charge in [-0.05, 0) is 36.9 Å². The summed E-state index contributed by atoms with van der Waals surface area (Å²) in [6, 6.07) is 11.9. The van der Waals surface area contributed by atoms with E-state index in [2.05, 4.69) is 10.6 Å². The van der Waals surface area contributed by atoms with Gasteiger partial charge in [-0.15, -0.1) is 0 Å². The molecule has 0 aliphatic heterocycles. The molecule has 2 N–H and O–H groups in total. The minimum atomic E-state index is -0.683. The number of hydrogen-bond acceptors (Lipinski definition) is 3. The predicted octanol–water partition coefficient (Wildman–Crippen LogP) is 3.53. The molecule has 0 aliphatic rings. The van der Waals surface area contributed by atoms with Crippen LogP contribution in [0.2, 0.25) is 5.02 Å². The molecule has 3 rings (SSSR count). The molecular weight excluding hydrogens is 381 g/mol. The number of carbonyl (C=O) groups is 1. The Labute approximate surface area is 167 Å². The van der Waals surface area contributed by atoms with Gasteiger partial charge in [0.15, 0.2) is 0 Å². The van der Waals surface area contributed by atoms with Crippen molar-refractivity contribution < 1.29 is 9.18 Å². The SMILES string of the molecule is CNCCn1ccc2c(NC(=O)Cc3ccc(Cl)c(CF)c3)cccc2c1=O. The lowest BCUT2D eigenvalue weighted by molar-refractivity contribution is -0.115. The third kappa shape index (κ3) is 4.40. The zero-order valence-electron chi connectivity index (χ0n) is 15.5. The van der Waals surface area contributed by atoms with Crippen LogP contribution in [-0.2, 0) is 24.4 Å². The van der Waals surface area contributed by atoms with E-state index in [0.717, 1.165) is 0 Å². The average Bonchev–Trinajstić information content (AvgIpc) is 2.69. The van der Waals surface area contributed by atoms with E-state index in [0.29, 0.717) is 45.7 Å². The molecule has 3 aromatic rings. The Morgan fingerprint density at radius 3 is 2.75 bits per heavy atom. The van der Waals surface area contributed by atoms with Gasteiger partial charge in [-0.1, -0.05) is 29.8 Å². The van der Waals surface area contributed by atoms with Gasteiger partial charge >= 0.3 is 0 Å². The van der Waals surface area contributed by atoms with Gasteiger partial charge in [0.2, 0.25) is 5.91 Å². The van der Waals surface area contributed by atoms with Crippen LogP contribution in [0.4, 0.5) is 10.1 Å². The molecule has 1 heterocycles. The van der Waals surface area contributed by atoms with Crippen LogP contribution in [0.5, 0.6) is 0 Å². The van der Waals surface area contributed by atoms with Gasteiger partial charge in [-0.25, -0.2) is 4.39 Å². The average molecular weight is 402 g/mol. The normalized spacial score (nSPS) is 11.0. The zero-order valence-corrected chi connectivity index (χ0v) is 16.2. The summed E-state index contributed by atoms with van der Waals surface area (Å²) in [6.45, 7) is 0.566. The minimum absolute atomic E-state index is 0.0831. The molecule has 146 valence electrons. The Kier molecular flexibility index (Phi) is 6.44. The quantitative estimate of drug-likeness (QED) is 0.636. The van der Waals surface area contributed by atoms with Crippen LogP contribution in [0.3, 0.4) is 0 Å². The molecule has 1 amide bonds. The number of alkyl halides is 1. The summed E-state index contributed by atoms with van der Waals surface area (Å²) in [4.78, 5) is 25.1. The van der Waals surface area contributed by atoms with Crippen LogP contribution in [0.15, 0.2) is 53.5 Å². The Hall–Kier alpha value is -2.70. The first-order valence-corrected chi connectivity index (χ1v) is 9.31. The van der Waals surface area contributed by atoms with E-state index < -0.39 is 6.67 Å². The summed E-state index contributed by atoms with van der Waals surface area (Å²) in [7, 11) is 1.83. The van der Waals surface area contributed by atoms with Crippen molar-refractivity contribution >= 4 is 34.0 Å². The molecule has 2 aromatic carbocycles. The predicted molar refractivity (Wildman–Crippen MR) is 111 cm³/mol. The summed E-state index contributed by atoms with van der Waals surface area (Å²) >= 11 is 5.91. The number of carbonyl (C=O) groups excluding carboxylic acids is 1. The first-order chi connectivity index (χ1) is 13.5. The molecule has 0 saturated heterocycles. The fourth-order valence-electron chi connectivity index (χ4n) is 3.06. The zero-order chi connectivity index (χ0) is 20.1. The standard InChI is InChI=1S/C21H21ClFN3O2/c1-24-8-10-26-9-7-16-17(21(26)28)3-2-4-19(16)25-20(27)12-14-5-6-18(22)15(11-14)13-23/h2-7,9,11,24H,8,10,12-13H2,1H3,(H,25,27). The molecule has 0 unspecified atom stereocenters. The van der Waals surface area contributed by atoms with Gasteiger partial charge in [0, 0.05) is 46.3 Å². The summed E-state index contributed by atoms with van der Waals surface area (Å²) in [6.07, 6.45) is 1.81. The van der Waals surface area contributed by atoms with Gasteiger partial charge in [0.05, 0.1) is 6.42 Å². The Morgan fingerprint density at radius 2 is 2.00 bits per heavy atom. The summed E-state index contributed by atoms with van der Waals surface area (Å²) < 4.78 is 14.6. The molecule has 0 spiro atoms. The number of nitrogens with one attached hydrogen (secondary N) is 2. The van der Waals surface area contributed by atoms with Gasteiger partial charge in [-0.3, -0.25) is 9.59 Å². The van der Waals surface area contributed by atoms with E-state index in [-0.39, 0.29) is 17.9 Å². The third-order valence-corrected chi connectivity index (χ3v) is 4.88. The highest BCUT2D eigenvalue weighted by Crippen LogP contribution is 2.22. The number of aromatic nitrogens is 1. The van der Waals surface area contributed by atoms with Crippen molar-refractivity contribution in [1.82, 2.24) is 9.88 Å². The van der Waals surface area contributed by atoms with Crippen molar-refractivity contribution in [2.45, 2.75) is 19.6 Å². The second-order valence-electron chi connectivity index (χ2n) is 6.47. The van der Waals surface area contributed by atoms with Crippen LogP contribution in [0, 0.1) is 0 Å². The maximum absolute atomic E-state index is 13.0. The van der Waals surface area contributed by atoms with Crippen molar-refractivity contribution in [3.05, 3.63) is 75.2 Å². The monoisotopic (exact) mass is 401 g/mol. The number of anilines is 1. The van der Waals surface area contributed by atoms with Crippen LogP contribution in [0.1, 0.15) is 11.1 Å². The van der Waals surface area contributed by atoms with Crippen LogP contribution >= 0.6 is 11.6 Å². The number of hydrogen-bond donors (Lipinski definition) is 2. The van der Waals surface area contributed by atoms with E-state index in [1.807, 2.05) is 13.1 Å². The van der Waals surface area contributed by atoms with E-state index in [9.17, 15) is 14.0 Å². The second kappa shape index (κ2) is 8.99. The molecular formula is C21H21ClFN3O2. The van der Waals surface area contributed by atoms with E-state index in [4.69, 9.17) is 11.6 Å². The molecule has 5 nitrogen and oxygen atoms in total. The van der Waals surface area contributed by atoms with Crippen LogP contribution in [-0.4, -0.2) is 24.1 Å². The summed E-state index contributed by atoms with van der Waals surface area (Å²) in [5.74, 6) is -0.251. The number of rotatable bonds is 7. The van der Waals surface area contributed by atoms with Crippen molar-refractivity contribution in [1.29, 1.82) is 0 Å². The number of halogens is 2. The molecule has 0 aliphatic carbocycles. The summed E-state index contributed by atoms with van der Waals surface area (Å²) in [5.41, 5.74) is 1.50. The van der Waals surface area contributed by atoms with Crippen molar-refractivity contribution in [3.8, 4) is 0 Å². The number of pyridine rings is 1. The third-order valence-electron chi connectivity index (χ3n) is 4.51. The molecule has 7 heteroatoms. The van der Waals surface area contributed by atoms with Crippen molar-refractivity contribution in [2.75, 3.05) is 18.9 Å². The highest BCUT2D eigenvalue weighted by Gasteiger charge is 2.11. The van der Waals surface area contributed by atoms with E-state index in [1.54, 1.807) is 47.2 Å². The first-order valence-electron chi connectivity index (χ1n) is 8.93.